The highest BCUT2D eigenvalue weighted by Crippen LogP contribution is 2.30. The minimum absolute atomic E-state index is 0.374. The zero-order chi connectivity index (χ0) is 14.7. The van der Waals surface area contributed by atoms with Crippen LogP contribution in [0.2, 0.25) is 0 Å². The first-order valence-corrected chi connectivity index (χ1v) is 7.41. The molecule has 1 atom stereocenters. The van der Waals surface area contributed by atoms with Crippen molar-refractivity contribution in [3.05, 3.63) is 54.4 Å². The molecule has 0 aliphatic carbocycles. The number of benzene rings is 1. The summed E-state index contributed by atoms with van der Waals surface area (Å²) in [5, 5.41) is 3.17. The van der Waals surface area contributed by atoms with Gasteiger partial charge in [-0.2, -0.15) is 0 Å². The predicted octanol–water partition coefficient (Wildman–Crippen LogP) is 2.62. The van der Waals surface area contributed by atoms with Crippen molar-refractivity contribution >= 4 is 11.4 Å². The van der Waals surface area contributed by atoms with Gasteiger partial charge < -0.3 is 15.1 Å². The maximum absolute atomic E-state index is 4.36. The third kappa shape index (κ3) is 3.00. The Morgan fingerprint density at radius 3 is 2.71 bits per heavy atom. The van der Waals surface area contributed by atoms with Crippen molar-refractivity contribution in [3.63, 3.8) is 0 Å². The number of nitrogens with zero attached hydrogens (tertiary/aromatic N) is 3. The Balaban J connectivity index is 1.94. The number of hydrogen-bond donors (Lipinski definition) is 1. The van der Waals surface area contributed by atoms with Crippen LogP contribution in [0.4, 0.5) is 11.4 Å². The molecule has 0 bridgehead atoms. The fraction of sp³-hybridized carbons (Fsp3) is 0.353. The van der Waals surface area contributed by atoms with Gasteiger partial charge in [0.2, 0.25) is 0 Å². The largest absolute Gasteiger partial charge is 0.387 e. The smallest absolute Gasteiger partial charge is 0.0670 e. The van der Waals surface area contributed by atoms with Crippen molar-refractivity contribution in [1.29, 1.82) is 0 Å². The normalized spacial score (nSPS) is 19.5. The lowest BCUT2D eigenvalue weighted by Gasteiger charge is -2.41. The molecule has 1 unspecified atom stereocenters. The second-order valence-corrected chi connectivity index (χ2v) is 5.56. The van der Waals surface area contributed by atoms with Crippen LogP contribution in [0.3, 0.4) is 0 Å². The molecule has 3 rings (SSSR count). The monoisotopic (exact) mass is 282 g/mol. The SMILES string of the molecule is CNc1cncc(N2CCN(C)CC2c2ccccc2)c1. The highest BCUT2D eigenvalue weighted by molar-refractivity contribution is 5.57. The molecule has 2 heterocycles. The van der Waals surface area contributed by atoms with Gasteiger partial charge in [0.05, 0.1) is 29.8 Å². The average molecular weight is 282 g/mol. The van der Waals surface area contributed by atoms with Crippen molar-refractivity contribution in [2.24, 2.45) is 0 Å². The second kappa shape index (κ2) is 6.14. The topological polar surface area (TPSA) is 31.4 Å². The van der Waals surface area contributed by atoms with Gasteiger partial charge in [0.25, 0.3) is 0 Å². The summed E-state index contributed by atoms with van der Waals surface area (Å²) in [7, 11) is 4.12. The van der Waals surface area contributed by atoms with E-state index in [1.165, 1.54) is 11.3 Å². The molecule has 21 heavy (non-hydrogen) atoms. The summed E-state index contributed by atoms with van der Waals surface area (Å²) >= 11 is 0. The number of anilines is 2. The lowest BCUT2D eigenvalue weighted by atomic mass is 10.0. The van der Waals surface area contributed by atoms with Crippen LogP contribution in [0, 0.1) is 0 Å². The van der Waals surface area contributed by atoms with Crippen LogP contribution in [0.25, 0.3) is 0 Å². The average Bonchev–Trinajstić information content (AvgIpc) is 2.55. The first-order chi connectivity index (χ1) is 10.3. The molecular weight excluding hydrogens is 260 g/mol. The summed E-state index contributed by atoms with van der Waals surface area (Å²) < 4.78 is 0. The fourth-order valence-corrected chi connectivity index (χ4v) is 2.91. The molecule has 0 radical (unpaired) electrons. The van der Waals surface area contributed by atoms with Gasteiger partial charge in [0, 0.05) is 26.7 Å². The van der Waals surface area contributed by atoms with E-state index in [-0.39, 0.29) is 0 Å². The molecule has 0 spiro atoms. The third-order valence-electron chi connectivity index (χ3n) is 4.11. The number of aromatic nitrogens is 1. The number of likely N-dealkylation sites (N-methyl/N-ethyl adjacent to an activating group) is 1. The molecule has 4 heteroatoms. The molecule has 1 aliphatic rings. The van der Waals surface area contributed by atoms with Crippen LogP contribution in [0.5, 0.6) is 0 Å². The maximum Gasteiger partial charge on any atom is 0.0670 e. The standard InChI is InChI=1S/C17H22N4/c1-18-15-10-16(12-19-11-15)21-9-8-20(2)13-17(21)14-6-4-3-5-7-14/h3-7,10-12,17-18H,8-9,13H2,1-2H3. The first-order valence-electron chi connectivity index (χ1n) is 7.41. The Kier molecular flexibility index (Phi) is 4.06. The van der Waals surface area contributed by atoms with Crippen LogP contribution in [-0.4, -0.2) is 43.6 Å². The van der Waals surface area contributed by atoms with E-state index in [0.717, 1.165) is 25.3 Å². The van der Waals surface area contributed by atoms with Crippen LogP contribution < -0.4 is 10.2 Å². The Morgan fingerprint density at radius 2 is 1.95 bits per heavy atom. The highest BCUT2D eigenvalue weighted by atomic mass is 15.3. The zero-order valence-corrected chi connectivity index (χ0v) is 12.7. The molecule has 2 aromatic rings. The third-order valence-corrected chi connectivity index (χ3v) is 4.11. The van der Waals surface area contributed by atoms with Gasteiger partial charge in [-0.3, -0.25) is 4.98 Å². The second-order valence-electron chi connectivity index (χ2n) is 5.56. The van der Waals surface area contributed by atoms with E-state index in [0.29, 0.717) is 6.04 Å². The molecule has 1 aromatic carbocycles. The van der Waals surface area contributed by atoms with E-state index in [2.05, 4.69) is 63.5 Å². The predicted molar refractivity (Wildman–Crippen MR) is 87.8 cm³/mol. The number of pyridine rings is 1. The van der Waals surface area contributed by atoms with E-state index in [4.69, 9.17) is 0 Å². The molecule has 0 amide bonds. The number of nitrogens with one attached hydrogen (secondary N) is 1. The van der Waals surface area contributed by atoms with Crippen LogP contribution in [0.15, 0.2) is 48.8 Å². The van der Waals surface area contributed by atoms with E-state index < -0.39 is 0 Å². The van der Waals surface area contributed by atoms with Crippen molar-refractivity contribution in [2.45, 2.75) is 6.04 Å². The molecular formula is C17H22N4. The van der Waals surface area contributed by atoms with Gasteiger partial charge in [-0.1, -0.05) is 30.3 Å². The first kappa shape index (κ1) is 13.9. The molecule has 0 saturated carbocycles. The van der Waals surface area contributed by atoms with Crippen LogP contribution >= 0.6 is 0 Å². The Bertz CT molecular complexity index is 584. The summed E-state index contributed by atoms with van der Waals surface area (Å²) in [6, 6.07) is 13.3. The molecule has 1 N–H and O–H groups in total. The van der Waals surface area contributed by atoms with Crippen molar-refractivity contribution in [1.82, 2.24) is 9.88 Å². The van der Waals surface area contributed by atoms with E-state index >= 15 is 0 Å². The maximum atomic E-state index is 4.36. The molecule has 1 fully saturated rings. The molecule has 110 valence electrons. The van der Waals surface area contributed by atoms with Gasteiger partial charge >= 0.3 is 0 Å². The fourth-order valence-electron chi connectivity index (χ4n) is 2.91. The van der Waals surface area contributed by atoms with Gasteiger partial charge in [0.1, 0.15) is 0 Å². The zero-order valence-electron chi connectivity index (χ0n) is 12.7. The number of rotatable bonds is 3. The Hall–Kier alpha value is -2.07. The van der Waals surface area contributed by atoms with E-state index in [1.54, 1.807) is 0 Å². The van der Waals surface area contributed by atoms with Crippen molar-refractivity contribution in [2.75, 3.05) is 43.9 Å². The van der Waals surface area contributed by atoms with Gasteiger partial charge in [0.15, 0.2) is 0 Å². The Labute approximate surface area is 126 Å². The van der Waals surface area contributed by atoms with E-state index in [1.807, 2.05) is 19.4 Å². The van der Waals surface area contributed by atoms with Crippen LogP contribution in [-0.2, 0) is 0 Å². The summed E-state index contributed by atoms with van der Waals surface area (Å²) in [5.74, 6) is 0. The van der Waals surface area contributed by atoms with Crippen molar-refractivity contribution in [3.8, 4) is 0 Å². The Morgan fingerprint density at radius 1 is 1.14 bits per heavy atom. The van der Waals surface area contributed by atoms with E-state index in [9.17, 15) is 0 Å². The minimum atomic E-state index is 0.374. The number of hydrogen-bond acceptors (Lipinski definition) is 4. The summed E-state index contributed by atoms with van der Waals surface area (Å²) in [6.45, 7) is 3.13. The molecule has 4 nitrogen and oxygen atoms in total. The van der Waals surface area contributed by atoms with Gasteiger partial charge in [-0.15, -0.1) is 0 Å². The van der Waals surface area contributed by atoms with Crippen LogP contribution in [0.1, 0.15) is 11.6 Å². The summed E-state index contributed by atoms with van der Waals surface area (Å²) in [4.78, 5) is 9.21. The lowest BCUT2D eigenvalue weighted by molar-refractivity contribution is 0.269. The van der Waals surface area contributed by atoms with Crippen molar-refractivity contribution < 1.29 is 0 Å². The molecule has 1 saturated heterocycles. The summed E-state index contributed by atoms with van der Waals surface area (Å²) in [6.07, 6.45) is 3.82. The number of piperazine rings is 1. The molecule has 1 aliphatic heterocycles. The lowest BCUT2D eigenvalue weighted by Crippen LogP contribution is -2.47. The quantitative estimate of drug-likeness (QED) is 0.937. The van der Waals surface area contributed by atoms with Gasteiger partial charge in [-0.25, -0.2) is 0 Å². The minimum Gasteiger partial charge on any atom is -0.387 e. The molecule has 1 aromatic heterocycles. The summed E-state index contributed by atoms with van der Waals surface area (Å²) in [5.41, 5.74) is 3.60. The van der Waals surface area contributed by atoms with Gasteiger partial charge in [-0.05, 0) is 18.7 Å². The highest BCUT2D eigenvalue weighted by Gasteiger charge is 2.27.